The van der Waals surface area contributed by atoms with E-state index in [1.54, 1.807) is 0 Å². The minimum atomic E-state index is -0.186. The molecule has 0 heterocycles. The number of unbranched alkanes of at least 4 members (excludes halogenated alkanes) is 2. The number of rotatable bonds is 13. The highest BCUT2D eigenvalue weighted by Gasteiger charge is 2.22. The number of carbonyl (C=O) groups excluding carboxylic acids is 1. The van der Waals surface area contributed by atoms with Crippen LogP contribution in [0.5, 0.6) is 0 Å². The molecule has 40 heavy (non-hydrogen) atoms. The fraction of sp³-hybridized carbons (Fsp3) is 0.486. The van der Waals surface area contributed by atoms with Gasteiger partial charge in [-0.15, -0.1) is 0 Å². The van der Waals surface area contributed by atoms with Crippen molar-refractivity contribution in [2.75, 3.05) is 13.2 Å². The summed E-state index contributed by atoms with van der Waals surface area (Å²) >= 11 is 0. The van der Waals surface area contributed by atoms with Gasteiger partial charge in [0.1, 0.15) is 0 Å². The van der Waals surface area contributed by atoms with Gasteiger partial charge in [0, 0.05) is 12.5 Å². The molecule has 0 saturated carbocycles. The third kappa shape index (κ3) is 7.63. The molecule has 2 unspecified atom stereocenters. The number of carbonyl (C=O) groups is 1. The first-order valence-corrected chi connectivity index (χ1v) is 15.5. The predicted octanol–water partition coefficient (Wildman–Crippen LogP) is 8.59. The maximum atomic E-state index is 11.9. The van der Waals surface area contributed by atoms with Crippen LogP contribution < -0.4 is 0 Å². The topological polar surface area (TPSA) is 46.5 Å². The van der Waals surface area contributed by atoms with E-state index >= 15 is 0 Å². The second-order valence-corrected chi connectivity index (χ2v) is 11.9. The molecule has 1 aliphatic carbocycles. The quantitative estimate of drug-likeness (QED) is 0.174. The number of hydrogen-bond acceptors (Lipinski definition) is 3. The lowest BCUT2D eigenvalue weighted by Gasteiger charge is -2.26. The molecule has 3 heteroatoms. The van der Waals surface area contributed by atoms with Gasteiger partial charge in [0.25, 0.3) is 0 Å². The summed E-state index contributed by atoms with van der Waals surface area (Å²) in [5.74, 6) is 0.202. The van der Waals surface area contributed by atoms with Crippen molar-refractivity contribution in [3.05, 3.63) is 94.0 Å². The Morgan fingerprint density at radius 3 is 2.38 bits per heavy atom. The Kier molecular flexibility index (Phi) is 11.0. The minimum absolute atomic E-state index is 0.0193. The molecule has 3 nitrogen and oxygen atoms in total. The van der Waals surface area contributed by atoms with Gasteiger partial charge < -0.3 is 9.84 Å². The molecule has 2 atom stereocenters. The summed E-state index contributed by atoms with van der Waals surface area (Å²) in [6.07, 6.45) is 10.0. The summed E-state index contributed by atoms with van der Waals surface area (Å²) in [5.41, 5.74) is 11.1. The van der Waals surface area contributed by atoms with Crippen molar-refractivity contribution >= 4 is 5.97 Å². The molecule has 0 bridgehead atoms. The number of benzene rings is 3. The number of esters is 1. The lowest BCUT2D eigenvalue weighted by molar-refractivity contribution is -0.148. The summed E-state index contributed by atoms with van der Waals surface area (Å²) in [4.78, 5) is 11.9. The van der Waals surface area contributed by atoms with Crippen LogP contribution in [-0.4, -0.2) is 24.3 Å². The Bertz CT molecular complexity index is 1240. The average molecular weight is 541 g/mol. The first-order valence-electron chi connectivity index (χ1n) is 15.5. The van der Waals surface area contributed by atoms with Gasteiger partial charge in [-0.3, -0.25) is 4.79 Å². The van der Waals surface area contributed by atoms with E-state index in [2.05, 4.69) is 74.5 Å². The van der Waals surface area contributed by atoms with E-state index < -0.39 is 0 Å². The second-order valence-electron chi connectivity index (χ2n) is 11.9. The molecule has 214 valence electrons. The number of ether oxygens (including phenoxy) is 1. The third-order valence-corrected chi connectivity index (χ3v) is 8.66. The largest absolute Gasteiger partial charge is 0.465 e. The lowest BCUT2D eigenvalue weighted by Crippen LogP contribution is -2.18. The molecule has 4 rings (SSSR count). The van der Waals surface area contributed by atoms with E-state index in [0.717, 1.165) is 31.2 Å². The zero-order valence-corrected chi connectivity index (χ0v) is 25.0. The molecule has 0 radical (unpaired) electrons. The molecule has 0 aliphatic heterocycles. The average Bonchev–Trinajstić information content (AvgIpc) is 2.98. The maximum Gasteiger partial charge on any atom is 0.308 e. The van der Waals surface area contributed by atoms with Gasteiger partial charge in [-0.05, 0) is 95.4 Å². The van der Waals surface area contributed by atoms with Crippen LogP contribution in [0.1, 0.15) is 105 Å². The zero-order valence-electron chi connectivity index (χ0n) is 25.0. The summed E-state index contributed by atoms with van der Waals surface area (Å²) in [7, 11) is 0. The van der Waals surface area contributed by atoms with Crippen molar-refractivity contribution in [1.29, 1.82) is 0 Å². The van der Waals surface area contributed by atoms with Crippen LogP contribution in [0, 0.1) is 5.92 Å². The summed E-state index contributed by atoms with van der Waals surface area (Å²) in [6.45, 7) is 8.62. The van der Waals surface area contributed by atoms with Gasteiger partial charge in [0.15, 0.2) is 0 Å². The zero-order chi connectivity index (χ0) is 28.5. The van der Waals surface area contributed by atoms with Crippen molar-refractivity contribution < 1.29 is 14.6 Å². The molecule has 0 fully saturated rings. The van der Waals surface area contributed by atoms with Crippen LogP contribution in [-0.2, 0) is 35.2 Å². The maximum absolute atomic E-state index is 11.9. The van der Waals surface area contributed by atoms with Crippen molar-refractivity contribution in [3.8, 4) is 11.1 Å². The Balaban J connectivity index is 1.43. The van der Waals surface area contributed by atoms with Gasteiger partial charge in [0.2, 0.25) is 0 Å². The van der Waals surface area contributed by atoms with Crippen LogP contribution >= 0.6 is 0 Å². The van der Waals surface area contributed by atoms with Crippen molar-refractivity contribution in [2.45, 2.75) is 97.3 Å². The van der Waals surface area contributed by atoms with Crippen molar-refractivity contribution in [1.82, 2.24) is 0 Å². The van der Waals surface area contributed by atoms with Gasteiger partial charge in [-0.1, -0.05) is 101 Å². The number of fused-ring (bicyclic) bond motifs is 1. The number of aryl methyl sites for hydroxylation is 3. The van der Waals surface area contributed by atoms with Gasteiger partial charge in [0.05, 0.1) is 12.5 Å². The molecular formula is C37H48O3. The molecule has 3 aromatic carbocycles. The van der Waals surface area contributed by atoms with Gasteiger partial charge in [-0.2, -0.15) is 0 Å². The Hall–Kier alpha value is -2.91. The highest BCUT2D eigenvalue weighted by atomic mass is 16.5. The van der Waals surface area contributed by atoms with E-state index in [1.807, 2.05) is 13.8 Å². The van der Waals surface area contributed by atoms with E-state index in [1.165, 1.54) is 64.6 Å². The number of aliphatic hydroxyl groups excluding tert-OH is 1. The predicted molar refractivity (Wildman–Crippen MR) is 166 cm³/mol. The molecule has 3 aromatic rings. The van der Waals surface area contributed by atoms with Crippen LogP contribution in [0.15, 0.2) is 60.7 Å². The van der Waals surface area contributed by atoms with Crippen molar-refractivity contribution in [3.63, 3.8) is 0 Å². The highest BCUT2D eigenvalue weighted by molar-refractivity contribution is 5.71. The Morgan fingerprint density at radius 1 is 0.925 bits per heavy atom. The third-order valence-electron chi connectivity index (χ3n) is 8.66. The van der Waals surface area contributed by atoms with Crippen molar-refractivity contribution in [2.24, 2.45) is 5.92 Å². The Morgan fingerprint density at radius 2 is 1.68 bits per heavy atom. The molecule has 0 amide bonds. The lowest BCUT2D eigenvalue weighted by atomic mass is 9.79. The smallest absolute Gasteiger partial charge is 0.308 e. The summed E-state index contributed by atoms with van der Waals surface area (Å²) in [6, 6.07) is 23.0. The van der Waals surface area contributed by atoms with Crippen LogP contribution in [0.2, 0.25) is 0 Å². The number of hydrogen-bond donors (Lipinski definition) is 1. The molecule has 0 spiro atoms. The van der Waals surface area contributed by atoms with Crippen LogP contribution in [0.3, 0.4) is 0 Å². The van der Waals surface area contributed by atoms with E-state index in [9.17, 15) is 9.90 Å². The van der Waals surface area contributed by atoms with Crippen LogP contribution in [0.25, 0.3) is 11.1 Å². The monoisotopic (exact) mass is 540 g/mol. The fourth-order valence-corrected chi connectivity index (χ4v) is 6.05. The minimum Gasteiger partial charge on any atom is -0.465 e. The molecule has 0 aromatic heterocycles. The Labute approximate surface area is 242 Å². The summed E-state index contributed by atoms with van der Waals surface area (Å²) < 4.78 is 5.49. The second kappa shape index (κ2) is 14.6. The van der Waals surface area contributed by atoms with E-state index in [-0.39, 0.29) is 24.4 Å². The van der Waals surface area contributed by atoms with Crippen LogP contribution in [0.4, 0.5) is 0 Å². The van der Waals surface area contributed by atoms with Gasteiger partial charge in [-0.25, -0.2) is 0 Å². The molecule has 1 aliphatic rings. The normalized spacial score (nSPS) is 15.6. The first kappa shape index (κ1) is 30.1. The van der Waals surface area contributed by atoms with E-state index in [4.69, 9.17) is 4.74 Å². The molecule has 0 saturated heterocycles. The highest BCUT2D eigenvalue weighted by Crippen LogP contribution is 2.36. The molecule has 1 N–H and O–H groups in total. The summed E-state index contributed by atoms with van der Waals surface area (Å²) in [5, 5.41) is 9.55. The first-order chi connectivity index (χ1) is 19.4. The molecular weight excluding hydrogens is 492 g/mol. The SMILES string of the molecule is CCCCCc1ccc(-c2ccc3c(c2)CCC(c2ccc(C(CCO)COC(=O)C(C)C)cc2)C3)cc1CC. The number of aliphatic hydroxyl groups is 1. The standard InChI is InChI=1S/C37H48O3/c1-5-7-8-9-28-14-15-32(22-27(28)6-2)34-19-18-33-23-31(16-17-35(33)24-34)29-10-12-30(13-11-29)36(20-21-38)25-40-37(39)26(3)4/h10-15,18-19,22,24,26,31,36,38H,5-9,16-17,20-21,23,25H2,1-4H3. The fourth-order valence-electron chi connectivity index (χ4n) is 6.05. The van der Waals surface area contributed by atoms with Gasteiger partial charge >= 0.3 is 5.97 Å². The van der Waals surface area contributed by atoms with E-state index in [0.29, 0.717) is 18.9 Å².